The molecule has 1 aliphatic rings. The van der Waals surface area contributed by atoms with E-state index in [-0.39, 0.29) is 18.1 Å². The SMILES string of the molecule is CCOC(=O)c1nnc2ccccc2c1N1CCc2cc(F)ccc2C1. The molecule has 0 aliphatic carbocycles. The predicted octanol–water partition coefficient (Wildman–Crippen LogP) is 3.51. The third-order valence-electron chi connectivity index (χ3n) is 4.61. The molecule has 0 spiro atoms. The highest BCUT2D eigenvalue weighted by atomic mass is 19.1. The van der Waals surface area contributed by atoms with E-state index in [1.807, 2.05) is 24.3 Å². The third-order valence-corrected chi connectivity index (χ3v) is 4.61. The van der Waals surface area contributed by atoms with Crippen LogP contribution in [0.15, 0.2) is 42.5 Å². The number of nitrogens with zero attached hydrogens (tertiary/aromatic N) is 3. The van der Waals surface area contributed by atoms with Crippen molar-refractivity contribution < 1.29 is 13.9 Å². The molecule has 2 aromatic carbocycles. The van der Waals surface area contributed by atoms with Gasteiger partial charge in [0, 0.05) is 18.5 Å². The van der Waals surface area contributed by atoms with Gasteiger partial charge in [-0.3, -0.25) is 0 Å². The first-order valence-electron chi connectivity index (χ1n) is 8.62. The Hall–Kier alpha value is -3.02. The van der Waals surface area contributed by atoms with E-state index in [4.69, 9.17) is 4.74 Å². The maximum absolute atomic E-state index is 13.5. The monoisotopic (exact) mass is 351 g/mol. The van der Waals surface area contributed by atoms with Gasteiger partial charge in [0.2, 0.25) is 0 Å². The van der Waals surface area contributed by atoms with Gasteiger partial charge in [-0.05, 0) is 42.7 Å². The second-order valence-corrected chi connectivity index (χ2v) is 6.22. The van der Waals surface area contributed by atoms with Gasteiger partial charge in [-0.15, -0.1) is 10.2 Å². The molecule has 0 radical (unpaired) electrons. The van der Waals surface area contributed by atoms with Crippen LogP contribution in [0.25, 0.3) is 10.9 Å². The van der Waals surface area contributed by atoms with Crippen LogP contribution in [0.5, 0.6) is 0 Å². The number of carbonyl (C=O) groups excluding carboxylic acids is 1. The average molecular weight is 351 g/mol. The first-order valence-corrected chi connectivity index (χ1v) is 8.62. The van der Waals surface area contributed by atoms with Crippen molar-refractivity contribution in [2.75, 3.05) is 18.1 Å². The zero-order chi connectivity index (χ0) is 18.1. The van der Waals surface area contributed by atoms with Gasteiger partial charge >= 0.3 is 5.97 Å². The molecule has 5 nitrogen and oxygen atoms in total. The molecule has 3 aromatic rings. The standard InChI is InChI=1S/C20H18FN3O2/c1-2-26-20(25)18-19(16-5-3-4-6-17(16)22-23-18)24-10-9-13-11-15(21)8-7-14(13)12-24/h3-8,11H,2,9-10,12H2,1H3. The molecule has 1 aromatic heterocycles. The summed E-state index contributed by atoms with van der Waals surface area (Å²) >= 11 is 0. The number of hydrogen-bond donors (Lipinski definition) is 0. The number of carbonyl (C=O) groups is 1. The number of anilines is 1. The number of rotatable bonds is 3. The molecule has 0 atom stereocenters. The Morgan fingerprint density at radius 1 is 1.19 bits per heavy atom. The zero-order valence-electron chi connectivity index (χ0n) is 14.4. The van der Waals surface area contributed by atoms with E-state index in [1.54, 1.807) is 19.1 Å². The number of ether oxygens (including phenoxy) is 1. The van der Waals surface area contributed by atoms with Crippen LogP contribution in [0.2, 0.25) is 0 Å². The van der Waals surface area contributed by atoms with Crippen molar-refractivity contribution in [2.24, 2.45) is 0 Å². The Morgan fingerprint density at radius 2 is 2.04 bits per heavy atom. The van der Waals surface area contributed by atoms with Crippen LogP contribution in [0.1, 0.15) is 28.5 Å². The van der Waals surface area contributed by atoms with Crippen molar-refractivity contribution in [1.82, 2.24) is 10.2 Å². The van der Waals surface area contributed by atoms with Gasteiger partial charge in [0.25, 0.3) is 0 Å². The van der Waals surface area contributed by atoms with Crippen LogP contribution in [-0.4, -0.2) is 29.3 Å². The van der Waals surface area contributed by atoms with E-state index in [2.05, 4.69) is 15.1 Å². The minimum atomic E-state index is -0.481. The second kappa shape index (κ2) is 6.71. The number of esters is 1. The molecule has 0 unspecified atom stereocenters. The highest BCUT2D eigenvalue weighted by Crippen LogP contribution is 2.32. The van der Waals surface area contributed by atoms with Crippen LogP contribution in [-0.2, 0) is 17.7 Å². The van der Waals surface area contributed by atoms with Crippen molar-refractivity contribution in [3.8, 4) is 0 Å². The Labute approximate surface area is 150 Å². The third kappa shape index (κ3) is 2.87. The molecular weight excluding hydrogens is 333 g/mol. The molecule has 0 saturated heterocycles. The summed E-state index contributed by atoms with van der Waals surface area (Å²) in [6.07, 6.45) is 0.700. The molecule has 2 heterocycles. The normalized spacial score (nSPS) is 13.5. The zero-order valence-corrected chi connectivity index (χ0v) is 14.4. The van der Waals surface area contributed by atoms with Crippen molar-refractivity contribution >= 4 is 22.6 Å². The van der Waals surface area contributed by atoms with Crippen molar-refractivity contribution in [2.45, 2.75) is 19.9 Å². The smallest absolute Gasteiger partial charge is 0.361 e. The lowest BCUT2D eigenvalue weighted by atomic mass is 9.98. The summed E-state index contributed by atoms with van der Waals surface area (Å²) in [5, 5.41) is 9.17. The summed E-state index contributed by atoms with van der Waals surface area (Å²) in [6.45, 7) is 3.28. The highest BCUT2D eigenvalue weighted by molar-refractivity contribution is 6.03. The Balaban J connectivity index is 1.83. The molecule has 132 valence electrons. The number of halogens is 1. The van der Waals surface area contributed by atoms with E-state index in [0.29, 0.717) is 19.5 Å². The lowest BCUT2D eigenvalue weighted by Crippen LogP contribution is -2.32. The van der Waals surface area contributed by atoms with Crippen LogP contribution in [0, 0.1) is 5.82 Å². The fraction of sp³-hybridized carbons (Fsp3) is 0.250. The van der Waals surface area contributed by atoms with Gasteiger partial charge in [-0.1, -0.05) is 24.3 Å². The van der Waals surface area contributed by atoms with Crippen molar-refractivity contribution in [3.05, 3.63) is 65.1 Å². The van der Waals surface area contributed by atoms with Crippen LogP contribution < -0.4 is 4.90 Å². The van der Waals surface area contributed by atoms with E-state index >= 15 is 0 Å². The molecule has 0 fully saturated rings. The number of hydrogen-bond acceptors (Lipinski definition) is 5. The van der Waals surface area contributed by atoms with Crippen LogP contribution >= 0.6 is 0 Å². The lowest BCUT2D eigenvalue weighted by Gasteiger charge is -2.32. The number of aromatic nitrogens is 2. The van der Waals surface area contributed by atoms with Gasteiger partial charge in [0.05, 0.1) is 17.8 Å². The summed E-state index contributed by atoms with van der Waals surface area (Å²) in [4.78, 5) is 14.5. The van der Waals surface area contributed by atoms with Crippen molar-refractivity contribution in [3.63, 3.8) is 0 Å². The quantitative estimate of drug-likeness (QED) is 0.676. The fourth-order valence-electron chi connectivity index (χ4n) is 3.41. The summed E-state index contributed by atoms with van der Waals surface area (Å²) in [6, 6.07) is 12.5. The Morgan fingerprint density at radius 3 is 2.88 bits per heavy atom. The minimum absolute atomic E-state index is 0.219. The van der Waals surface area contributed by atoms with Gasteiger partial charge in [-0.25, -0.2) is 9.18 Å². The first kappa shape index (κ1) is 16.4. The molecule has 0 amide bonds. The summed E-state index contributed by atoms with van der Waals surface area (Å²) < 4.78 is 18.7. The molecule has 26 heavy (non-hydrogen) atoms. The number of fused-ring (bicyclic) bond motifs is 2. The molecule has 0 bridgehead atoms. The lowest BCUT2D eigenvalue weighted by molar-refractivity contribution is 0.0519. The first-order chi connectivity index (χ1) is 12.7. The van der Waals surface area contributed by atoms with Gasteiger partial charge in [-0.2, -0.15) is 0 Å². The molecule has 0 N–H and O–H groups in total. The van der Waals surface area contributed by atoms with Gasteiger partial charge in [0.15, 0.2) is 5.69 Å². The topological polar surface area (TPSA) is 55.3 Å². The summed E-state index contributed by atoms with van der Waals surface area (Å²) in [5.74, 6) is -0.703. The van der Waals surface area contributed by atoms with Gasteiger partial charge in [0.1, 0.15) is 5.82 Å². The predicted molar refractivity (Wildman–Crippen MR) is 96.6 cm³/mol. The van der Waals surface area contributed by atoms with Crippen LogP contribution in [0.4, 0.5) is 10.1 Å². The van der Waals surface area contributed by atoms with Gasteiger partial charge < -0.3 is 9.64 Å². The van der Waals surface area contributed by atoms with E-state index in [1.165, 1.54) is 6.07 Å². The molecule has 1 aliphatic heterocycles. The summed E-state index contributed by atoms with van der Waals surface area (Å²) in [7, 11) is 0. The van der Waals surface area contributed by atoms with E-state index in [9.17, 15) is 9.18 Å². The van der Waals surface area contributed by atoms with E-state index < -0.39 is 5.97 Å². The average Bonchev–Trinajstić information content (AvgIpc) is 2.67. The maximum Gasteiger partial charge on any atom is 0.361 e. The Bertz CT molecular complexity index is 990. The molecule has 0 saturated carbocycles. The largest absolute Gasteiger partial charge is 0.461 e. The van der Waals surface area contributed by atoms with Crippen LogP contribution in [0.3, 0.4) is 0 Å². The Kier molecular flexibility index (Phi) is 4.24. The molecule has 6 heteroatoms. The fourth-order valence-corrected chi connectivity index (χ4v) is 3.41. The maximum atomic E-state index is 13.5. The molecule has 4 rings (SSSR count). The van der Waals surface area contributed by atoms with E-state index in [0.717, 1.165) is 27.7 Å². The molecular formula is C20H18FN3O2. The number of benzene rings is 2. The van der Waals surface area contributed by atoms with Crippen molar-refractivity contribution in [1.29, 1.82) is 0 Å². The second-order valence-electron chi connectivity index (χ2n) is 6.22. The highest BCUT2D eigenvalue weighted by Gasteiger charge is 2.26. The minimum Gasteiger partial charge on any atom is -0.461 e. The summed E-state index contributed by atoms with van der Waals surface area (Å²) in [5.41, 5.74) is 3.72.